The zero-order chi connectivity index (χ0) is 14.6. The molecule has 2 aromatic carbocycles. The lowest BCUT2D eigenvalue weighted by atomic mass is 10.2. The minimum atomic E-state index is -3.71. The fourth-order valence-electron chi connectivity index (χ4n) is 1.44. The Bertz CT molecular complexity index is 727. The Morgan fingerprint density at radius 2 is 1.70 bits per heavy atom. The third-order valence-electron chi connectivity index (χ3n) is 2.44. The van der Waals surface area contributed by atoms with E-state index >= 15 is 0 Å². The number of phenols is 2. The third-order valence-corrected chi connectivity index (χ3v) is 3.68. The third kappa shape index (κ3) is 3.27. The molecule has 0 amide bonds. The van der Waals surface area contributed by atoms with Gasteiger partial charge in [-0.15, -0.1) is 0 Å². The van der Waals surface area contributed by atoms with Crippen molar-refractivity contribution in [1.29, 1.82) is 0 Å². The van der Waals surface area contributed by atoms with Crippen LogP contribution in [-0.4, -0.2) is 24.8 Å². The highest BCUT2D eigenvalue weighted by Gasteiger charge is 2.10. The summed E-state index contributed by atoms with van der Waals surface area (Å²) in [6, 6.07) is 11.8. The fourth-order valence-corrected chi connectivity index (χ4v) is 2.26. The van der Waals surface area contributed by atoms with Crippen molar-refractivity contribution in [3.63, 3.8) is 0 Å². The molecule has 0 spiro atoms. The number of hydrogen-bond acceptors (Lipinski definition) is 5. The van der Waals surface area contributed by atoms with Crippen LogP contribution >= 0.6 is 0 Å². The Labute approximate surface area is 116 Å². The van der Waals surface area contributed by atoms with Gasteiger partial charge in [0.25, 0.3) is 10.0 Å². The van der Waals surface area contributed by atoms with Gasteiger partial charge in [-0.25, -0.2) is 4.83 Å². The lowest BCUT2D eigenvalue weighted by Gasteiger charge is -2.02. The first-order valence-corrected chi connectivity index (χ1v) is 7.09. The second-order valence-electron chi connectivity index (χ2n) is 3.91. The van der Waals surface area contributed by atoms with Gasteiger partial charge in [0.15, 0.2) is 11.5 Å². The summed E-state index contributed by atoms with van der Waals surface area (Å²) in [5, 5.41) is 22.0. The normalized spacial score (nSPS) is 11.6. The average Bonchev–Trinajstić information content (AvgIpc) is 2.44. The quantitative estimate of drug-likeness (QED) is 0.451. The number of rotatable bonds is 4. The topological polar surface area (TPSA) is 99.0 Å². The van der Waals surface area contributed by atoms with Crippen LogP contribution in [0.2, 0.25) is 0 Å². The van der Waals surface area contributed by atoms with Crippen molar-refractivity contribution in [2.75, 3.05) is 0 Å². The van der Waals surface area contributed by atoms with E-state index in [0.29, 0.717) is 5.56 Å². The van der Waals surface area contributed by atoms with E-state index < -0.39 is 10.0 Å². The lowest BCUT2D eigenvalue weighted by molar-refractivity contribution is 0.403. The van der Waals surface area contributed by atoms with Crippen LogP contribution in [0.5, 0.6) is 11.5 Å². The summed E-state index contributed by atoms with van der Waals surface area (Å²) in [5.41, 5.74) is 0.441. The van der Waals surface area contributed by atoms with Crippen LogP contribution in [0, 0.1) is 0 Å². The van der Waals surface area contributed by atoms with Gasteiger partial charge in [0.05, 0.1) is 11.1 Å². The van der Waals surface area contributed by atoms with Crippen molar-refractivity contribution in [2.45, 2.75) is 4.90 Å². The van der Waals surface area contributed by atoms with Crippen LogP contribution in [-0.2, 0) is 10.0 Å². The molecule has 6 nitrogen and oxygen atoms in total. The molecule has 0 aliphatic heterocycles. The fraction of sp³-hybridized carbons (Fsp3) is 0. The molecule has 0 aromatic heterocycles. The number of phenolic OH excluding ortho intramolecular Hbond substituents is 2. The molecule has 2 rings (SSSR count). The van der Waals surface area contributed by atoms with Gasteiger partial charge in [0.1, 0.15) is 0 Å². The Hall–Kier alpha value is -2.54. The maximum absolute atomic E-state index is 11.8. The Morgan fingerprint density at radius 3 is 2.35 bits per heavy atom. The predicted octanol–water partition coefficient (Wildman–Crippen LogP) is 1.41. The summed E-state index contributed by atoms with van der Waals surface area (Å²) in [6.07, 6.45) is 1.22. The highest BCUT2D eigenvalue weighted by atomic mass is 32.2. The Morgan fingerprint density at radius 1 is 1.00 bits per heavy atom. The second kappa shape index (κ2) is 5.62. The van der Waals surface area contributed by atoms with Crippen LogP contribution in [0.1, 0.15) is 5.56 Å². The predicted molar refractivity (Wildman–Crippen MR) is 74.1 cm³/mol. The van der Waals surface area contributed by atoms with Crippen LogP contribution in [0.3, 0.4) is 0 Å². The van der Waals surface area contributed by atoms with Crippen molar-refractivity contribution in [2.24, 2.45) is 5.10 Å². The Kier molecular flexibility index (Phi) is 3.90. The molecule has 0 unspecified atom stereocenters. The molecule has 0 fully saturated rings. The van der Waals surface area contributed by atoms with E-state index in [4.69, 9.17) is 5.11 Å². The largest absolute Gasteiger partial charge is 0.504 e. The molecule has 104 valence electrons. The monoisotopic (exact) mass is 292 g/mol. The smallest absolute Gasteiger partial charge is 0.276 e. The van der Waals surface area contributed by atoms with Gasteiger partial charge in [-0.05, 0) is 35.9 Å². The minimum Gasteiger partial charge on any atom is -0.504 e. The molecular weight excluding hydrogens is 280 g/mol. The molecule has 0 saturated heterocycles. The van der Waals surface area contributed by atoms with Crippen LogP contribution in [0.25, 0.3) is 0 Å². The van der Waals surface area contributed by atoms with Gasteiger partial charge >= 0.3 is 0 Å². The van der Waals surface area contributed by atoms with E-state index in [1.165, 1.54) is 36.5 Å². The first-order valence-electron chi connectivity index (χ1n) is 5.61. The molecule has 0 atom stereocenters. The minimum absolute atomic E-state index is 0.103. The lowest BCUT2D eigenvalue weighted by Crippen LogP contribution is -2.18. The van der Waals surface area contributed by atoms with Gasteiger partial charge in [0, 0.05) is 0 Å². The van der Waals surface area contributed by atoms with Crippen molar-refractivity contribution in [3.8, 4) is 11.5 Å². The summed E-state index contributed by atoms with van der Waals surface area (Å²) < 4.78 is 23.7. The van der Waals surface area contributed by atoms with E-state index in [2.05, 4.69) is 9.93 Å². The molecule has 0 bridgehead atoms. The highest BCUT2D eigenvalue weighted by Crippen LogP contribution is 2.23. The SMILES string of the molecule is O=S(=O)(N/N=C\c1ccc(O)c(O)c1)c1ccccc1. The number of sulfonamides is 1. The number of hydrogen-bond donors (Lipinski definition) is 3. The first kappa shape index (κ1) is 13.9. The molecule has 20 heavy (non-hydrogen) atoms. The van der Waals surface area contributed by atoms with Crippen molar-refractivity contribution in [3.05, 3.63) is 54.1 Å². The molecule has 3 N–H and O–H groups in total. The van der Waals surface area contributed by atoms with E-state index in [9.17, 15) is 13.5 Å². The van der Waals surface area contributed by atoms with Crippen LogP contribution in [0.15, 0.2) is 58.5 Å². The summed E-state index contributed by atoms with van der Waals surface area (Å²) >= 11 is 0. The van der Waals surface area contributed by atoms with Crippen LogP contribution in [0.4, 0.5) is 0 Å². The molecule has 0 heterocycles. The first-order chi connectivity index (χ1) is 9.49. The summed E-state index contributed by atoms with van der Waals surface area (Å²) in [7, 11) is -3.71. The van der Waals surface area contributed by atoms with Crippen molar-refractivity contribution >= 4 is 16.2 Å². The maximum Gasteiger partial charge on any atom is 0.276 e. The van der Waals surface area contributed by atoms with Crippen LogP contribution < -0.4 is 4.83 Å². The zero-order valence-electron chi connectivity index (χ0n) is 10.3. The second-order valence-corrected chi connectivity index (χ2v) is 5.57. The summed E-state index contributed by atoms with van der Waals surface area (Å²) in [4.78, 5) is 2.16. The van der Waals surface area contributed by atoms with Crippen molar-refractivity contribution in [1.82, 2.24) is 4.83 Å². The highest BCUT2D eigenvalue weighted by molar-refractivity contribution is 7.89. The number of aromatic hydroxyl groups is 2. The van der Waals surface area contributed by atoms with Gasteiger partial charge in [-0.1, -0.05) is 18.2 Å². The molecule has 7 heteroatoms. The molecule has 0 aliphatic rings. The molecular formula is C13H12N2O4S. The molecule has 2 aromatic rings. The number of hydrazone groups is 1. The van der Waals surface area contributed by atoms with E-state index in [0.717, 1.165) is 0 Å². The number of benzene rings is 2. The summed E-state index contributed by atoms with van der Waals surface area (Å²) in [5.74, 6) is -0.563. The van der Waals surface area contributed by atoms with Gasteiger partial charge < -0.3 is 10.2 Å². The van der Waals surface area contributed by atoms with Gasteiger partial charge in [-0.2, -0.15) is 13.5 Å². The average molecular weight is 292 g/mol. The van der Waals surface area contributed by atoms with Crippen molar-refractivity contribution < 1.29 is 18.6 Å². The van der Waals surface area contributed by atoms with Gasteiger partial charge in [0.2, 0.25) is 0 Å². The van der Waals surface area contributed by atoms with E-state index in [1.54, 1.807) is 18.2 Å². The molecule has 0 saturated carbocycles. The van der Waals surface area contributed by atoms with Gasteiger partial charge in [-0.3, -0.25) is 0 Å². The molecule has 0 aliphatic carbocycles. The van der Waals surface area contributed by atoms with E-state index in [-0.39, 0.29) is 16.4 Å². The Balaban J connectivity index is 2.12. The molecule has 0 radical (unpaired) electrons. The number of nitrogens with zero attached hydrogens (tertiary/aromatic N) is 1. The van der Waals surface area contributed by atoms with E-state index in [1.807, 2.05) is 0 Å². The standard InChI is InChI=1S/C13H12N2O4S/c16-12-7-6-10(8-13(12)17)9-14-15-20(18,19)11-4-2-1-3-5-11/h1-9,15-17H/b14-9-. The summed E-state index contributed by atoms with van der Waals surface area (Å²) in [6.45, 7) is 0. The number of nitrogens with one attached hydrogen (secondary N) is 1. The zero-order valence-corrected chi connectivity index (χ0v) is 11.1. The maximum atomic E-state index is 11.8.